The minimum Gasteiger partial charge on any atom is -0.312 e. The second kappa shape index (κ2) is 5.54. The Morgan fingerprint density at radius 2 is 2.43 bits per heavy atom. The first-order chi connectivity index (χ1) is 6.58. The zero-order valence-corrected chi connectivity index (χ0v) is 10.0. The Labute approximate surface area is 87.9 Å². The summed E-state index contributed by atoms with van der Waals surface area (Å²) in [6.45, 7) is 7.75. The van der Waals surface area contributed by atoms with Crippen LogP contribution in [-0.4, -0.2) is 48.4 Å². The number of amidine groups is 1. The Morgan fingerprint density at radius 3 is 3.00 bits per heavy atom. The molecule has 0 spiro atoms. The summed E-state index contributed by atoms with van der Waals surface area (Å²) in [6.07, 6.45) is 0. The van der Waals surface area contributed by atoms with Crippen LogP contribution in [0, 0.1) is 5.41 Å². The monoisotopic (exact) mass is 214 g/mol. The number of hydrogen-bond donors (Lipinski definition) is 2. The fourth-order valence-electron chi connectivity index (χ4n) is 1.62. The zero-order valence-electron chi connectivity index (χ0n) is 8.88. The van der Waals surface area contributed by atoms with E-state index in [1.54, 1.807) is 0 Å². The molecule has 0 radical (unpaired) electrons. The van der Waals surface area contributed by atoms with Crippen molar-refractivity contribution < 1.29 is 0 Å². The summed E-state index contributed by atoms with van der Waals surface area (Å²) >= 11 is 0. The molecule has 80 valence electrons. The van der Waals surface area contributed by atoms with Crippen molar-refractivity contribution in [1.82, 2.24) is 10.2 Å². The fraction of sp³-hybridized carbons (Fsp3) is 0.778. The number of nitrogens with one attached hydrogen (secondary N) is 2. The molecule has 0 saturated carbocycles. The molecule has 0 aromatic rings. The normalized spacial score (nSPS) is 25.1. The van der Waals surface area contributed by atoms with E-state index in [0.717, 1.165) is 25.1 Å². The predicted octanol–water partition coefficient (Wildman–Crippen LogP) is 0.551. The van der Waals surface area contributed by atoms with Gasteiger partial charge in [0, 0.05) is 31.1 Å². The van der Waals surface area contributed by atoms with Crippen molar-refractivity contribution in [2.75, 3.05) is 26.2 Å². The van der Waals surface area contributed by atoms with Gasteiger partial charge >= 0.3 is 0 Å². The van der Waals surface area contributed by atoms with Crippen molar-refractivity contribution in [1.29, 1.82) is 5.41 Å². The molecule has 0 bridgehead atoms. The maximum Gasteiger partial charge on any atom is 0.134 e. The standard InChI is InChI=1S/C9H19N4P/c1-7-5-13(4-3-11-7)6-9(10)12-8(2)14/h7,10-11H,3-6,14H2,1-2H3/b10-9?,12-8-/t7-/m1/s1. The highest BCUT2D eigenvalue weighted by atomic mass is 31.0. The van der Waals surface area contributed by atoms with Crippen LogP contribution in [-0.2, 0) is 0 Å². The van der Waals surface area contributed by atoms with E-state index in [-0.39, 0.29) is 0 Å². The summed E-state index contributed by atoms with van der Waals surface area (Å²) in [5.74, 6) is 0.451. The highest BCUT2D eigenvalue weighted by Gasteiger charge is 2.15. The molecule has 0 aliphatic carbocycles. The lowest BCUT2D eigenvalue weighted by Gasteiger charge is -2.31. The van der Waals surface area contributed by atoms with Gasteiger partial charge in [0.15, 0.2) is 0 Å². The van der Waals surface area contributed by atoms with Crippen molar-refractivity contribution in [2.24, 2.45) is 4.99 Å². The predicted molar refractivity (Wildman–Crippen MR) is 64.5 cm³/mol. The SMILES string of the molecule is C/C(P)=N/C(=N)CN1CCN[C@H](C)C1. The van der Waals surface area contributed by atoms with Gasteiger partial charge in [-0.05, 0) is 13.8 Å². The lowest BCUT2D eigenvalue weighted by atomic mass is 10.2. The van der Waals surface area contributed by atoms with Crippen LogP contribution in [0.3, 0.4) is 0 Å². The van der Waals surface area contributed by atoms with Crippen LogP contribution in [0.5, 0.6) is 0 Å². The third kappa shape index (κ3) is 4.27. The zero-order chi connectivity index (χ0) is 10.6. The Balaban J connectivity index is 2.36. The van der Waals surface area contributed by atoms with E-state index in [4.69, 9.17) is 5.41 Å². The Kier molecular flexibility index (Phi) is 4.66. The molecule has 1 unspecified atom stereocenters. The van der Waals surface area contributed by atoms with Crippen LogP contribution in [0.2, 0.25) is 0 Å². The lowest BCUT2D eigenvalue weighted by molar-refractivity contribution is 0.232. The smallest absolute Gasteiger partial charge is 0.134 e. The van der Waals surface area contributed by atoms with Crippen LogP contribution in [0.15, 0.2) is 4.99 Å². The van der Waals surface area contributed by atoms with Gasteiger partial charge in [-0.1, -0.05) is 9.24 Å². The van der Waals surface area contributed by atoms with Crippen molar-refractivity contribution in [2.45, 2.75) is 19.9 Å². The summed E-state index contributed by atoms with van der Waals surface area (Å²) in [5, 5.41) is 11.0. The van der Waals surface area contributed by atoms with E-state index < -0.39 is 0 Å². The maximum atomic E-state index is 7.66. The second-order valence-corrected chi connectivity index (χ2v) is 4.63. The van der Waals surface area contributed by atoms with Gasteiger partial charge in [-0.3, -0.25) is 10.3 Å². The molecule has 1 heterocycles. The summed E-state index contributed by atoms with van der Waals surface area (Å²) in [6, 6.07) is 0.526. The van der Waals surface area contributed by atoms with E-state index in [1.807, 2.05) is 6.92 Å². The maximum absolute atomic E-state index is 7.66. The van der Waals surface area contributed by atoms with E-state index >= 15 is 0 Å². The minimum absolute atomic E-state index is 0.451. The van der Waals surface area contributed by atoms with Gasteiger partial charge in [0.2, 0.25) is 0 Å². The molecule has 2 atom stereocenters. The summed E-state index contributed by atoms with van der Waals surface area (Å²) < 4.78 is 0. The second-order valence-electron chi connectivity index (χ2n) is 3.79. The van der Waals surface area contributed by atoms with Gasteiger partial charge in [0.1, 0.15) is 5.84 Å². The Bertz CT molecular complexity index is 235. The molecule has 4 nitrogen and oxygen atoms in total. The molecule has 1 aliphatic rings. The molecule has 2 N–H and O–H groups in total. The number of aliphatic imine (C=N–C) groups is 1. The minimum atomic E-state index is 0.451. The van der Waals surface area contributed by atoms with Gasteiger partial charge in [-0.15, -0.1) is 0 Å². The fourth-order valence-corrected chi connectivity index (χ4v) is 1.77. The van der Waals surface area contributed by atoms with Crippen LogP contribution in [0.1, 0.15) is 13.8 Å². The van der Waals surface area contributed by atoms with Crippen LogP contribution in [0.4, 0.5) is 0 Å². The highest BCUT2D eigenvalue weighted by molar-refractivity contribution is 7.40. The number of piperazine rings is 1. The summed E-state index contributed by atoms with van der Waals surface area (Å²) in [4.78, 5) is 6.36. The Hall–Kier alpha value is -0.310. The molecule has 14 heavy (non-hydrogen) atoms. The average molecular weight is 214 g/mol. The quantitative estimate of drug-likeness (QED) is 0.401. The van der Waals surface area contributed by atoms with Crippen molar-refractivity contribution in [3.63, 3.8) is 0 Å². The van der Waals surface area contributed by atoms with Gasteiger partial charge in [-0.25, -0.2) is 4.99 Å². The van der Waals surface area contributed by atoms with Crippen molar-refractivity contribution in [3.8, 4) is 0 Å². The average Bonchev–Trinajstić information content (AvgIpc) is 2.01. The first kappa shape index (κ1) is 11.8. The molecule has 5 heteroatoms. The van der Waals surface area contributed by atoms with Crippen LogP contribution in [0.25, 0.3) is 0 Å². The number of rotatable bonds is 2. The van der Waals surface area contributed by atoms with E-state index in [9.17, 15) is 0 Å². The van der Waals surface area contributed by atoms with Gasteiger partial charge in [0.05, 0.1) is 6.54 Å². The molecular formula is C9H19N4P. The molecule has 0 aromatic heterocycles. The van der Waals surface area contributed by atoms with Crippen LogP contribution >= 0.6 is 9.24 Å². The van der Waals surface area contributed by atoms with Gasteiger partial charge in [0.25, 0.3) is 0 Å². The molecular weight excluding hydrogens is 195 g/mol. The molecule has 1 aliphatic heterocycles. The molecule has 0 amide bonds. The molecule has 1 rings (SSSR count). The van der Waals surface area contributed by atoms with Crippen molar-refractivity contribution >= 4 is 20.5 Å². The molecule has 1 saturated heterocycles. The third-order valence-electron chi connectivity index (χ3n) is 2.14. The van der Waals surface area contributed by atoms with Crippen LogP contribution < -0.4 is 5.32 Å². The molecule has 1 fully saturated rings. The highest BCUT2D eigenvalue weighted by Crippen LogP contribution is 1.99. The summed E-state index contributed by atoms with van der Waals surface area (Å²) in [5.41, 5.74) is 0.873. The lowest BCUT2D eigenvalue weighted by Crippen LogP contribution is -2.50. The van der Waals surface area contributed by atoms with Gasteiger partial charge in [-0.2, -0.15) is 0 Å². The summed E-state index contributed by atoms with van der Waals surface area (Å²) in [7, 11) is 2.51. The van der Waals surface area contributed by atoms with Gasteiger partial charge < -0.3 is 5.32 Å². The van der Waals surface area contributed by atoms with E-state index in [2.05, 4.69) is 31.4 Å². The largest absolute Gasteiger partial charge is 0.312 e. The number of hydrogen-bond acceptors (Lipinski definition) is 3. The topological polar surface area (TPSA) is 51.5 Å². The number of nitrogens with zero attached hydrogens (tertiary/aromatic N) is 2. The molecule has 0 aromatic carbocycles. The first-order valence-corrected chi connectivity index (χ1v) is 5.49. The first-order valence-electron chi connectivity index (χ1n) is 4.92. The van der Waals surface area contributed by atoms with E-state index in [1.165, 1.54) is 0 Å². The Morgan fingerprint density at radius 1 is 1.71 bits per heavy atom. The third-order valence-corrected chi connectivity index (χ3v) is 2.27. The van der Waals surface area contributed by atoms with E-state index in [0.29, 0.717) is 18.4 Å². The van der Waals surface area contributed by atoms with Crippen molar-refractivity contribution in [3.05, 3.63) is 0 Å².